The first kappa shape index (κ1) is 12.6. The van der Waals surface area contributed by atoms with Gasteiger partial charge in [-0.15, -0.1) is 0 Å². The fraction of sp³-hybridized carbons (Fsp3) is 0.462. The number of nitrogens with zero attached hydrogens (tertiary/aromatic N) is 1. The molecule has 3 nitrogen and oxygen atoms in total. The molecular weight excluding hydrogens is 200 g/mol. The van der Waals surface area contributed by atoms with E-state index in [1.165, 1.54) is 12.6 Å². The molecule has 0 fully saturated rings. The predicted molar refractivity (Wildman–Crippen MR) is 69.0 cm³/mol. The van der Waals surface area contributed by atoms with Crippen LogP contribution in [0.5, 0.6) is 0 Å². The van der Waals surface area contributed by atoms with Crippen molar-refractivity contribution in [2.75, 3.05) is 23.3 Å². The fourth-order valence-electron chi connectivity index (χ4n) is 1.86. The number of anilines is 2. The SMILES string of the molecule is CCN(CC)c1cccc(NC(C)=O)c1C. The van der Waals surface area contributed by atoms with Crippen LogP contribution in [0.1, 0.15) is 26.3 Å². The first-order valence-electron chi connectivity index (χ1n) is 5.72. The summed E-state index contributed by atoms with van der Waals surface area (Å²) in [4.78, 5) is 13.3. The Morgan fingerprint density at radius 3 is 2.44 bits per heavy atom. The number of rotatable bonds is 4. The molecule has 0 spiro atoms. The average molecular weight is 220 g/mol. The zero-order valence-corrected chi connectivity index (χ0v) is 10.5. The van der Waals surface area contributed by atoms with E-state index in [0.717, 1.165) is 24.3 Å². The Bertz CT molecular complexity index is 370. The van der Waals surface area contributed by atoms with Crippen LogP contribution in [0.15, 0.2) is 18.2 Å². The summed E-state index contributed by atoms with van der Waals surface area (Å²) in [6.07, 6.45) is 0. The molecule has 0 bridgehead atoms. The van der Waals surface area contributed by atoms with Gasteiger partial charge in [0, 0.05) is 31.4 Å². The second kappa shape index (κ2) is 5.54. The molecule has 16 heavy (non-hydrogen) atoms. The van der Waals surface area contributed by atoms with Crippen molar-refractivity contribution in [1.29, 1.82) is 0 Å². The van der Waals surface area contributed by atoms with Gasteiger partial charge >= 0.3 is 0 Å². The number of carbonyl (C=O) groups excluding carboxylic acids is 1. The molecule has 1 amide bonds. The zero-order valence-electron chi connectivity index (χ0n) is 10.5. The monoisotopic (exact) mass is 220 g/mol. The first-order chi connectivity index (χ1) is 7.60. The standard InChI is InChI=1S/C13H20N2O/c1-5-15(6-2)13-9-7-8-12(10(13)3)14-11(4)16/h7-9H,5-6H2,1-4H3,(H,14,16). The number of nitrogens with one attached hydrogen (secondary N) is 1. The van der Waals surface area contributed by atoms with E-state index in [2.05, 4.69) is 30.1 Å². The van der Waals surface area contributed by atoms with Gasteiger partial charge in [-0.3, -0.25) is 4.79 Å². The summed E-state index contributed by atoms with van der Waals surface area (Å²) in [5.74, 6) is -0.0280. The molecule has 88 valence electrons. The Hall–Kier alpha value is -1.51. The molecule has 0 unspecified atom stereocenters. The van der Waals surface area contributed by atoms with Crippen molar-refractivity contribution >= 4 is 17.3 Å². The van der Waals surface area contributed by atoms with Crippen LogP contribution in [0.25, 0.3) is 0 Å². The van der Waals surface area contributed by atoms with Crippen molar-refractivity contribution in [3.05, 3.63) is 23.8 Å². The topological polar surface area (TPSA) is 32.3 Å². The normalized spacial score (nSPS) is 10.0. The number of hydrogen-bond acceptors (Lipinski definition) is 2. The summed E-state index contributed by atoms with van der Waals surface area (Å²) in [7, 11) is 0. The molecule has 0 atom stereocenters. The molecule has 0 heterocycles. The highest BCUT2D eigenvalue weighted by atomic mass is 16.1. The minimum atomic E-state index is -0.0280. The summed E-state index contributed by atoms with van der Waals surface area (Å²) < 4.78 is 0. The van der Waals surface area contributed by atoms with E-state index >= 15 is 0 Å². The highest BCUT2D eigenvalue weighted by Gasteiger charge is 2.09. The molecule has 1 aromatic rings. The molecule has 0 radical (unpaired) electrons. The second-order valence-corrected chi connectivity index (χ2v) is 3.80. The van der Waals surface area contributed by atoms with Crippen LogP contribution >= 0.6 is 0 Å². The van der Waals surface area contributed by atoms with E-state index in [0.29, 0.717) is 0 Å². The van der Waals surface area contributed by atoms with Crippen LogP contribution in [-0.2, 0) is 4.79 Å². The van der Waals surface area contributed by atoms with Gasteiger partial charge in [0.25, 0.3) is 0 Å². The largest absolute Gasteiger partial charge is 0.372 e. The molecule has 0 aliphatic heterocycles. The van der Waals surface area contributed by atoms with Gasteiger partial charge < -0.3 is 10.2 Å². The van der Waals surface area contributed by atoms with Gasteiger partial charge in [-0.25, -0.2) is 0 Å². The van der Waals surface area contributed by atoms with Gasteiger partial charge in [0.15, 0.2) is 0 Å². The number of benzene rings is 1. The number of amides is 1. The summed E-state index contributed by atoms with van der Waals surface area (Å²) in [6, 6.07) is 6.00. The third kappa shape index (κ3) is 2.75. The Morgan fingerprint density at radius 1 is 1.31 bits per heavy atom. The van der Waals surface area contributed by atoms with Gasteiger partial charge in [0.05, 0.1) is 0 Å². The van der Waals surface area contributed by atoms with Crippen molar-refractivity contribution in [2.45, 2.75) is 27.7 Å². The highest BCUT2D eigenvalue weighted by Crippen LogP contribution is 2.26. The van der Waals surface area contributed by atoms with Crippen molar-refractivity contribution in [1.82, 2.24) is 0 Å². The van der Waals surface area contributed by atoms with Crippen LogP contribution in [0, 0.1) is 6.92 Å². The molecule has 3 heteroatoms. The van der Waals surface area contributed by atoms with E-state index < -0.39 is 0 Å². The van der Waals surface area contributed by atoms with Gasteiger partial charge in [0.1, 0.15) is 0 Å². The summed E-state index contributed by atoms with van der Waals surface area (Å²) in [6.45, 7) is 9.78. The van der Waals surface area contributed by atoms with E-state index in [1.807, 2.05) is 19.1 Å². The Kier molecular flexibility index (Phi) is 4.35. The van der Waals surface area contributed by atoms with Gasteiger partial charge in [-0.1, -0.05) is 6.07 Å². The highest BCUT2D eigenvalue weighted by molar-refractivity contribution is 5.90. The van der Waals surface area contributed by atoms with E-state index in [9.17, 15) is 4.79 Å². The number of hydrogen-bond donors (Lipinski definition) is 1. The minimum Gasteiger partial charge on any atom is -0.372 e. The molecular formula is C13H20N2O. The van der Waals surface area contributed by atoms with Crippen LogP contribution in [0.4, 0.5) is 11.4 Å². The predicted octanol–water partition coefficient (Wildman–Crippen LogP) is 2.80. The van der Waals surface area contributed by atoms with Crippen molar-refractivity contribution in [3.8, 4) is 0 Å². The molecule has 1 rings (SSSR count). The Morgan fingerprint density at radius 2 is 1.94 bits per heavy atom. The van der Waals surface area contributed by atoms with E-state index in [1.54, 1.807) is 0 Å². The maximum atomic E-state index is 11.1. The first-order valence-corrected chi connectivity index (χ1v) is 5.72. The van der Waals surface area contributed by atoms with Crippen molar-refractivity contribution < 1.29 is 4.79 Å². The molecule has 1 N–H and O–H groups in total. The number of carbonyl (C=O) groups is 1. The lowest BCUT2D eigenvalue weighted by Gasteiger charge is -2.24. The summed E-state index contributed by atoms with van der Waals surface area (Å²) >= 11 is 0. The quantitative estimate of drug-likeness (QED) is 0.846. The lowest BCUT2D eigenvalue weighted by Crippen LogP contribution is -2.23. The molecule has 0 saturated carbocycles. The van der Waals surface area contributed by atoms with Crippen LogP contribution in [0.3, 0.4) is 0 Å². The van der Waals surface area contributed by atoms with Gasteiger partial charge in [-0.2, -0.15) is 0 Å². The summed E-state index contributed by atoms with van der Waals surface area (Å²) in [5.41, 5.74) is 3.22. The lowest BCUT2D eigenvalue weighted by atomic mass is 10.1. The van der Waals surface area contributed by atoms with Crippen LogP contribution in [-0.4, -0.2) is 19.0 Å². The maximum Gasteiger partial charge on any atom is 0.221 e. The summed E-state index contributed by atoms with van der Waals surface area (Å²) in [5, 5.41) is 2.85. The average Bonchev–Trinajstić information content (AvgIpc) is 2.24. The molecule has 0 saturated heterocycles. The Labute approximate surface area is 97.5 Å². The second-order valence-electron chi connectivity index (χ2n) is 3.80. The van der Waals surface area contributed by atoms with Gasteiger partial charge in [0.2, 0.25) is 5.91 Å². The molecule has 0 aromatic heterocycles. The molecule has 1 aromatic carbocycles. The van der Waals surface area contributed by atoms with E-state index in [4.69, 9.17) is 0 Å². The molecule has 0 aliphatic carbocycles. The fourth-order valence-corrected chi connectivity index (χ4v) is 1.86. The third-order valence-corrected chi connectivity index (χ3v) is 2.72. The van der Waals surface area contributed by atoms with Gasteiger partial charge in [-0.05, 0) is 38.5 Å². The van der Waals surface area contributed by atoms with Crippen molar-refractivity contribution in [3.63, 3.8) is 0 Å². The third-order valence-electron chi connectivity index (χ3n) is 2.72. The zero-order chi connectivity index (χ0) is 12.1. The smallest absolute Gasteiger partial charge is 0.221 e. The molecule has 0 aliphatic rings. The Balaban J connectivity index is 3.07. The lowest BCUT2D eigenvalue weighted by molar-refractivity contribution is -0.114. The van der Waals surface area contributed by atoms with Crippen LogP contribution < -0.4 is 10.2 Å². The maximum absolute atomic E-state index is 11.1. The minimum absolute atomic E-state index is 0.0280. The van der Waals surface area contributed by atoms with Crippen molar-refractivity contribution in [2.24, 2.45) is 0 Å². The van der Waals surface area contributed by atoms with E-state index in [-0.39, 0.29) is 5.91 Å². The van der Waals surface area contributed by atoms with Crippen LogP contribution in [0.2, 0.25) is 0 Å².